The fourth-order valence-corrected chi connectivity index (χ4v) is 4.24. The Morgan fingerprint density at radius 3 is 2.09 bits per heavy atom. The number of anilines is 2. The summed E-state index contributed by atoms with van der Waals surface area (Å²) in [6.45, 7) is 0. The molecule has 0 radical (unpaired) electrons. The van der Waals surface area contributed by atoms with Gasteiger partial charge in [-0.3, -0.25) is 9.59 Å². The quantitative estimate of drug-likeness (QED) is 0.486. The molecule has 2 atom stereocenters. The largest absolute Gasteiger partial charge is 0.497 e. The molecular weight excluding hydrogens is 461 g/mol. The van der Waals surface area contributed by atoms with E-state index < -0.39 is 41.0 Å². The lowest BCUT2D eigenvalue weighted by Crippen LogP contribution is -2.47. The van der Waals surface area contributed by atoms with Crippen molar-refractivity contribution in [2.75, 3.05) is 24.4 Å². The first-order valence-electron chi connectivity index (χ1n) is 10.9. The molecule has 1 aliphatic heterocycles. The second-order valence-electron chi connectivity index (χ2n) is 8.04. The molecule has 3 aromatic rings. The molecule has 3 aromatic carbocycles. The molecule has 0 saturated carbocycles. The smallest absolute Gasteiger partial charge is 0.230 e. The van der Waals surface area contributed by atoms with Crippen LogP contribution in [0.3, 0.4) is 0 Å². The maximum atomic E-state index is 14.2. The molecule has 1 N–H and O–H groups in total. The number of nitrogens with one attached hydrogen (secondary N) is 1. The summed E-state index contributed by atoms with van der Waals surface area (Å²) in [4.78, 5) is 28.0. The van der Waals surface area contributed by atoms with Crippen LogP contribution in [0.5, 0.6) is 11.5 Å². The standard InChI is InChI=1S/C26H23F3N2O4/c1-34-17-7-3-15(4-8-17)25-19(26(33)30-21-13-12-20(27)23(28)24(21)29)11-14-22(32)31(25)16-5-9-18(35-2)10-6-16/h3-10,12-13,19,25H,11,14H2,1-2H3,(H,30,33). The van der Waals surface area contributed by atoms with Gasteiger partial charge in [-0.2, -0.15) is 0 Å². The second kappa shape index (κ2) is 10.1. The van der Waals surface area contributed by atoms with E-state index in [2.05, 4.69) is 5.32 Å². The van der Waals surface area contributed by atoms with Gasteiger partial charge in [0.05, 0.1) is 31.9 Å². The molecule has 0 aromatic heterocycles. The van der Waals surface area contributed by atoms with Crippen molar-refractivity contribution in [3.8, 4) is 11.5 Å². The first kappa shape index (κ1) is 24.1. The van der Waals surface area contributed by atoms with Crippen LogP contribution in [0.2, 0.25) is 0 Å². The van der Waals surface area contributed by atoms with Crippen molar-refractivity contribution in [1.29, 1.82) is 0 Å². The van der Waals surface area contributed by atoms with E-state index in [0.717, 1.165) is 12.1 Å². The van der Waals surface area contributed by atoms with Gasteiger partial charge in [0.15, 0.2) is 17.5 Å². The summed E-state index contributed by atoms with van der Waals surface area (Å²) in [6.07, 6.45) is 0.246. The number of carbonyl (C=O) groups is 2. The molecule has 1 fully saturated rings. The Morgan fingerprint density at radius 2 is 1.49 bits per heavy atom. The highest BCUT2D eigenvalue weighted by molar-refractivity contribution is 6.00. The van der Waals surface area contributed by atoms with E-state index in [-0.39, 0.29) is 18.7 Å². The van der Waals surface area contributed by atoms with Crippen LogP contribution in [0.15, 0.2) is 60.7 Å². The van der Waals surface area contributed by atoms with E-state index in [1.54, 1.807) is 48.5 Å². The number of hydrogen-bond acceptors (Lipinski definition) is 4. The zero-order valence-electron chi connectivity index (χ0n) is 19.1. The minimum Gasteiger partial charge on any atom is -0.497 e. The van der Waals surface area contributed by atoms with Crippen molar-refractivity contribution in [2.24, 2.45) is 5.92 Å². The van der Waals surface area contributed by atoms with Crippen molar-refractivity contribution in [2.45, 2.75) is 18.9 Å². The van der Waals surface area contributed by atoms with E-state index in [1.165, 1.54) is 19.1 Å². The third kappa shape index (κ3) is 4.80. The van der Waals surface area contributed by atoms with Crippen LogP contribution >= 0.6 is 0 Å². The third-order valence-electron chi connectivity index (χ3n) is 6.03. The van der Waals surface area contributed by atoms with Crippen LogP contribution in [0.4, 0.5) is 24.5 Å². The maximum absolute atomic E-state index is 14.2. The summed E-state index contributed by atoms with van der Waals surface area (Å²) in [5, 5.41) is 2.37. The first-order chi connectivity index (χ1) is 16.8. The number of carbonyl (C=O) groups excluding carboxylic acids is 2. The van der Waals surface area contributed by atoms with Crippen molar-refractivity contribution in [1.82, 2.24) is 0 Å². The molecule has 6 nitrogen and oxygen atoms in total. The number of amides is 2. The number of hydrogen-bond donors (Lipinski definition) is 1. The maximum Gasteiger partial charge on any atom is 0.230 e. The highest BCUT2D eigenvalue weighted by Crippen LogP contribution is 2.41. The number of halogens is 3. The van der Waals surface area contributed by atoms with Gasteiger partial charge in [-0.25, -0.2) is 13.2 Å². The van der Waals surface area contributed by atoms with Gasteiger partial charge in [-0.1, -0.05) is 12.1 Å². The number of ether oxygens (including phenoxy) is 2. The number of rotatable bonds is 6. The number of methoxy groups -OCH3 is 2. The monoisotopic (exact) mass is 484 g/mol. The molecule has 0 bridgehead atoms. The third-order valence-corrected chi connectivity index (χ3v) is 6.03. The molecule has 2 amide bonds. The molecule has 1 heterocycles. The lowest BCUT2D eigenvalue weighted by molar-refractivity contribution is -0.126. The van der Waals surface area contributed by atoms with Crippen LogP contribution in [0, 0.1) is 23.4 Å². The van der Waals surface area contributed by atoms with Gasteiger partial charge >= 0.3 is 0 Å². The Kier molecular flexibility index (Phi) is 6.95. The van der Waals surface area contributed by atoms with E-state index >= 15 is 0 Å². The minimum absolute atomic E-state index is 0.0665. The van der Waals surface area contributed by atoms with Crippen molar-refractivity contribution in [3.63, 3.8) is 0 Å². The topological polar surface area (TPSA) is 67.9 Å². The molecule has 9 heteroatoms. The molecular formula is C26H23F3N2O4. The van der Waals surface area contributed by atoms with Gasteiger partial charge in [0.1, 0.15) is 11.5 Å². The van der Waals surface area contributed by atoms with Crippen LogP contribution < -0.4 is 19.7 Å². The Balaban J connectivity index is 1.74. The van der Waals surface area contributed by atoms with Gasteiger partial charge in [0.25, 0.3) is 0 Å². The molecule has 4 rings (SSSR count). The lowest BCUT2D eigenvalue weighted by Gasteiger charge is -2.41. The van der Waals surface area contributed by atoms with Crippen molar-refractivity contribution in [3.05, 3.63) is 83.7 Å². The molecule has 0 spiro atoms. The second-order valence-corrected chi connectivity index (χ2v) is 8.04. The lowest BCUT2D eigenvalue weighted by atomic mass is 9.83. The predicted molar refractivity (Wildman–Crippen MR) is 124 cm³/mol. The molecule has 1 saturated heterocycles. The van der Waals surface area contributed by atoms with Crippen molar-refractivity contribution < 1.29 is 32.2 Å². The van der Waals surface area contributed by atoms with E-state index in [9.17, 15) is 22.8 Å². The Labute approximate surface area is 200 Å². The minimum atomic E-state index is -1.67. The predicted octanol–water partition coefficient (Wildman–Crippen LogP) is 5.24. The molecule has 2 unspecified atom stereocenters. The summed E-state index contributed by atoms with van der Waals surface area (Å²) in [7, 11) is 3.05. The fraction of sp³-hybridized carbons (Fsp3) is 0.231. The summed E-state index contributed by atoms with van der Waals surface area (Å²) >= 11 is 0. The van der Waals surface area contributed by atoms with E-state index in [1.807, 2.05) is 0 Å². The van der Waals surface area contributed by atoms with Gasteiger partial charge < -0.3 is 19.7 Å². The Bertz CT molecular complexity index is 1230. The SMILES string of the molecule is COc1ccc(C2C(C(=O)Nc3ccc(F)c(F)c3F)CCC(=O)N2c2ccc(OC)cc2)cc1. The molecule has 182 valence electrons. The zero-order valence-corrected chi connectivity index (χ0v) is 19.1. The molecule has 35 heavy (non-hydrogen) atoms. The van der Waals surface area contributed by atoms with E-state index in [4.69, 9.17) is 9.47 Å². The van der Waals surface area contributed by atoms with Crippen LogP contribution in [0.25, 0.3) is 0 Å². The summed E-state index contributed by atoms with van der Waals surface area (Å²) in [6, 6.07) is 14.7. The highest BCUT2D eigenvalue weighted by Gasteiger charge is 2.41. The average molecular weight is 484 g/mol. The molecule has 1 aliphatic rings. The van der Waals surface area contributed by atoms with Crippen molar-refractivity contribution >= 4 is 23.2 Å². The van der Waals surface area contributed by atoms with Gasteiger partial charge in [0, 0.05) is 12.1 Å². The van der Waals surface area contributed by atoms with Gasteiger partial charge in [-0.05, 0) is 60.5 Å². The number of nitrogens with zero attached hydrogens (tertiary/aromatic N) is 1. The van der Waals surface area contributed by atoms with Crippen LogP contribution in [0.1, 0.15) is 24.4 Å². The van der Waals surface area contributed by atoms with Crippen LogP contribution in [-0.4, -0.2) is 26.0 Å². The van der Waals surface area contributed by atoms with E-state index in [0.29, 0.717) is 22.7 Å². The first-order valence-corrected chi connectivity index (χ1v) is 10.9. The Hall–Kier alpha value is -4.01. The molecule has 0 aliphatic carbocycles. The normalized spacial score (nSPS) is 17.7. The summed E-state index contributed by atoms with van der Waals surface area (Å²) < 4.78 is 51.7. The van der Waals surface area contributed by atoms with Gasteiger partial charge in [0.2, 0.25) is 11.8 Å². The average Bonchev–Trinajstić information content (AvgIpc) is 2.89. The number of piperidine rings is 1. The highest BCUT2D eigenvalue weighted by atomic mass is 19.2. The summed E-state index contributed by atoms with van der Waals surface area (Å²) in [5.41, 5.74) is 0.726. The zero-order chi connectivity index (χ0) is 25.1. The number of benzene rings is 3. The van der Waals surface area contributed by atoms with Gasteiger partial charge in [-0.15, -0.1) is 0 Å². The summed E-state index contributed by atoms with van der Waals surface area (Å²) in [5.74, 6) is -4.95. The fourth-order valence-electron chi connectivity index (χ4n) is 4.24. The Morgan fingerprint density at radius 1 is 0.886 bits per heavy atom. The van der Waals surface area contributed by atoms with Crippen LogP contribution in [-0.2, 0) is 9.59 Å².